The SMILES string of the molecule is CCCCC(C)CCN1C[C@H]2CC[C@@H](C1)N2CC(C)C. The van der Waals surface area contributed by atoms with Gasteiger partial charge in [-0.15, -0.1) is 0 Å². The van der Waals surface area contributed by atoms with Gasteiger partial charge >= 0.3 is 0 Å². The molecule has 2 aliphatic heterocycles. The molecular formula is C18H36N2. The van der Waals surface area contributed by atoms with Crippen molar-refractivity contribution in [2.75, 3.05) is 26.2 Å². The van der Waals surface area contributed by atoms with Crippen molar-refractivity contribution in [3.05, 3.63) is 0 Å². The minimum absolute atomic E-state index is 0.818. The molecule has 2 heteroatoms. The molecule has 0 saturated carbocycles. The Kier molecular flexibility index (Phi) is 6.35. The average Bonchev–Trinajstić information content (AvgIpc) is 2.64. The highest BCUT2D eigenvalue weighted by Gasteiger charge is 2.39. The maximum absolute atomic E-state index is 2.82. The third-order valence-corrected chi connectivity index (χ3v) is 5.27. The third-order valence-electron chi connectivity index (χ3n) is 5.27. The number of likely N-dealkylation sites (tertiary alicyclic amines) is 1. The van der Waals surface area contributed by atoms with Crippen LogP contribution in [0.5, 0.6) is 0 Å². The molecule has 0 aromatic carbocycles. The molecule has 0 aliphatic carbocycles. The second kappa shape index (κ2) is 7.79. The molecule has 2 fully saturated rings. The minimum Gasteiger partial charge on any atom is -0.300 e. The first-order chi connectivity index (χ1) is 9.60. The highest BCUT2D eigenvalue weighted by molar-refractivity contribution is 4.96. The van der Waals surface area contributed by atoms with E-state index >= 15 is 0 Å². The summed E-state index contributed by atoms with van der Waals surface area (Å²) in [5, 5.41) is 0. The molecule has 0 aromatic heterocycles. The van der Waals surface area contributed by atoms with Crippen molar-refractivity contribution in [1.29, 1.82) is 0 Å². The van der Waals surface area contributed by atoms with Gasteiger partial charge in [0.25, 0.3) is 0 Å². The summed E-state index contributed by atoms with van der Waals surface area (Å²) in [6, 6.07) is 1.73. The Morgan fingerprint density at radius 2 is 1.65 bits per heavy atom. The van der Waals surface area contributed by atoms with E-state index < -0.39 is 0 Å². The van der Waals surface area contributed by atoms with Gasteiger partial charge in [-0.1, -0.05) is 47.0 Å². The first-order valence-corrected chi connectivity index (χ1v) is 9.08. The van der Waals surface area contributed by atoms with Gasteiger partial charge < -0.3 is 4.90 Å². The quantitative estimate of drug-likeness (QED) is 0.663. The second-order valence-electron chi connectivity index (χ2n) is 7.77. The van der Waals surface area contributed by atoms with Crippen LogP contribution in [0.4, 0.5) is 0 Å². The Morgan fingerprint density at radius 3 is 2.20 bits per heavy atom. The Morgan fingerprint density at radius 1 is 1.00 bits per heavy atom. The Bertz CT molecular complexity index is 263. The zero-order chi connectivity index (χ0) is 14.5. The van der Waals surface area contributed by atoms with Crippen molar-refractivity contribution >= 4 is 0 Å². The molecule has 2 rings (SSSR count). The lowest BCUT2D eigenvalue weighted by molar-refractivity contribution is 0.0552. The van der Waals surface area contributed by atoms with Crippen LogP contribution in [-0.4, -0.2) is 48.1 Å². The van der Waals surface area contributed by atoms with Crippen molar-refractivity contribution in [2.45, 2.75) is 78.3 Å². The van der Waals surface area contributed by atoms with Crippen molar-refractivity contribution in [2.24, 2.45) is 11.8 Å². The standard InChI is InChI=1S/C18H36N2/c1-5-6-7-16(4)10-11-19-13-17-8-9-18(14-19)20(17)12-15(2)3/h15-18H,5-14H2,1-4H3/t16?,17-,18+. The number of rotatable bonds is 8. The van der Waals surface area contributed by atoms with Crippen LogP contribution in [0.1, 0.15) is 66.2 Å². The van der Waals surface area contributed by atoms with Crippen molar-refractivity contribution in [3.63, 3.8) is 0 Å². The second-order valence-corrected chi connectivity index (χ2v) is 7.77. The summed E-state index contributed by atoms with van der Waals surface area (Å²) >= 11 is 0. The fourth-order valence-corrected chi connectivity index (χ4v) is 4.08. The predicted octanol–water partition coefficient (Wildman–Crippen LogP) is 4.01. The maximum Gasteiger partial charge on any atom is 0.0227 e. The largest absolute Gasteiger partial charge is 0.300 e. The zero-order valence-electron chi connectivity index (χ0n) is 14.3. The van der Waals surface area contributed by atoms with Gasteiger partial charge in [-0.3, -0.25) is 4.90 Å². The van der Waals surface area contributed by atoms with Crippen LogP contribution in [0.25, 0.3) is 0 Å². The van der Waals surface area contributed by atoms with Gasteiger partial charge in [0.05, 0.1) is 0 Å². The highest BCUT2D eigenvalue weighted by atomic mass is 15.3. The Hall–Kier alpha value is -0.0800. The van der Waals surface area contributed by atoms with E-state index in [9.17, 15) is 0 Å². The Balaban J connectivity index is 1.72. The summed E-state index contributed by atoms with van der Waals surface area (Å²) in [5.41, 5.74) is 0. The summed E-state index contributed by atoms with van der Waals surface area (Å²) < 4.78 is 0. The zero-order valence-corrected chi connectivity index (χ0v) is 14.3. The van der Waals surface area contributed by atoms with Crippen LogP contribution in [0, 0.1) is 11.8 Å². The van der Waals surface area contributed by atoms with E-state index in [4.69, 9.17) is 0 Å². The summed E-state index contributed by atoms with van der Waals surface area (Å²) in [7, 11) is 0. The Labute approximate surface area is 126 Å². The van der Waals surface area contributed by atoms with Crippen LogP contribution in [0.2, 0.25) is 0 Å². The summed E-state index contributed by atoms with van der Waals surface area (Å²) in [5.74, 6) is 1.74. The van der Waals surface area contributed by atoms with Crippen molar-refractivity contribution < 1.29 is 0 Å². The molecule has 2 nitrogen and oxygen atoms in total. The molecule has 0 N–H and O–H groups in total. The summed E-state index contributed by atoms with van der Waals surface area (Å²) in [6.45, 7) is 14.8. The van der Waals surface area contributed by atoms with Crippen molar-refractivity contribution in [1.82, 2.24) is 9.80 Å². The lowest BCUT2D eigenvalue weighted by Gasteiger charge is -2.42. The number of unbranched alkanes of at least 4 members (excludes halogenated alkanes) is 1. The van der Waals surface area contributed by atoms with Crippen LogP contribution in [0.15, 0.2) is 0 Å². The number of fused-ring (bicyclic) bond motifs is 2. The lowest BCUT2D eigenvalue weighted by atomic mass is 10.00. The van der Waals surface area contributed by atoms with Gasteiger partial charge in [0.15, 0.2) is 0 Å². The van der Waals surface area contributed by atoms with E-state index in [0.717, 1.165) is 23.9 Å². The van der Waals surface area contributed by atoms with Gasteiger partial charge in [0.1, 0.15) is 0 Å². The monoisotopic (exact) mass is 280 g/mol. The van der Waals surface area contributed by atoms with E-state index in [2.05, 4.69) is 37.5 Å². The number of nitrogens with zero attached hydrogens (tertiary/aromatic N) is 2. The summed E-state index contributed by atoms with van der Waals surface area (Å²) in [6.07, 6.45) is 8.48. The lowest BCUT2D eigenvalue weighted by Crippen LogP contribution is -2.54. The molecule has 2 saturated heterocycles. The highest BCUT2D eigenvalue weighted by Crippen LogP contribution is 2.31. The molecule has 118 valence electrons. The smallest absolute Gasteiger partial charge is 0.0227 e. The molecule has 2 aliphatic rings. The maximum atomic E-state index is 2.82. The molecule has 20 heavy (non-hydrogen) atoms. The molecular weight excluding hydrogens is 244 g/mol. The molecule has 0 radical (unpaired) electrons. The first kappa shape index (κ1) is 16.3. The average molecular weight is 280 g/mol. The first-order valence-electron chi connectivity index (χ1n) is 9.08. The van der Waals surface area contributed by atoms with E-state index in [1.54, 1.807) is 0 Å². The normalized spacial score (nSPS) is 29.2. The topological polar surface area (TPSA) is 6.48 Å². The third kappa shape index (κ3) is 4.46. The van der Waals surface area contributed by atoms with Crippen LogP contribution in [0.3, 0.4) is 0 Å². The van der Waals surface area contributed by atoms with E-state index in [1.807, 2.05) is 0 Å². The fraction of sp³-hybridized carbons (Fsp3) is 1.00. The predicted molar refractivity (Wildman–Crippen MR) is 88.1 cm³/mol. The molecule has 2 heterocycles. The van der Waals surface area contributed by atoms with Crippen LogP contribution < -0.4 is 0 Å². The van der Waals surface area contributed by atoms with Gasteiger partial charge in [-0.25, -0.2) is 0 Å². The van der Waals surface area contributed by atoms with Crippen LogP contribution in [-0.2, 0) is 0 Å². The minimum atomic E-state index is 0.818. The molecule has 3 atom stereocenters. The van der Waals surface area contributed by atoms with E-state index in [1.165, 1.54) is 64.7 Å². The molecule has 0 aromatic rings. The summed E-state index contributed by atoms with van der Waals surface area (Å²) in [4.78, 5) is 5.59. The van der Waals surface area contributed by atoms with E-state index in [0.29, 0.717) is 0 Å². The molecule has 0 spiro atoms. The fourth-order valence-electron chi connectivity index (χ4n) is 4.08. The van der Waals surface area contributed by atoms with Crippen LogP contribution >= 0.6 is 0 Å². The molecule has 0 amide bonds. The number of hydrogen-bond acceptors (Lipinski definition) is 2. The van der Waals surface area contributed by atoms with E-state index in [-0.39, 0.29) is 0 Å². The van der Waals surface area contributed by atoms with Gasteiger partial charge in [-0.05, 0) is 37.6 Å². The van der Waals surface area contributed by atoms with Gasteiger partial charge in [0, 0.05) is 31.7 Å². The van der Waals surface area contributed by atoms with Crippen molar-refractivity contribution in [3.8, 4) is 0 Å². The van der Waals surface area contributed by atoms with Gasteiger partial charge in [-0.2, -0.15) is 0 Å². The molecule has 2 bridgehead atoms. The van der Waals surface area contributed by atoms with Gasteiger partial charge in [0.2, 0.25) is 0 Å². The number of hydrogen-bond donors (Lipinski definition) is 0. The number of piperazine rings is 1. The molecule has 1 unspecified atom stereocenters.